The summed E-state index contributed by atoms with van der Waals surface area (Å²) in [4.78, 5) is 10.8. The van der Waals surface area contributed by atoms with Gasteiger partial charge in [-0.2, -0.15) is 0 Å². The monoisotopic (exact) mass is 254 g/mol. The lowest BCUT2D eigenvalue weighted by molar-refractivity contribution is 0.112. The molecule has 0 heterocycles. The van der Waals surface area contributed by atoms with E-state index in [1.54, 1.807) is 31.4 Å². The Labute approximate surface area is 110 Å². The molecule has 0 spiro atoms. The second kappa shape index (κ2) is 5.83. The van der Waals surface area contributed by atoms with Gasteiger partial charge < -0.3 is 4.74 Å². The number of benzene rings is 2. The van der Waals surface area contributed by atoms with Gasteiger partial charge in [-0.15, -0.1) is 0 Å². The molecule has 0 bridgehead atoms. The molecule has 0 saturated carbocycles. The Balaban J connectivity index is 2.32. The minimum absolute atomic E-state index is 0.377. The number of hydrogen-bond donors (Lipinski definition) is 0. The average molecular weight is 254 g/mol. The molecule has 0 amide bonds. The van der Waals surface area contributed by atoms with Crippen LogP contribution in [0.15, 0.2) is 42.5 Å². The molecule has 0 radical (unpaired) electrons. The van der Waals surface area contributed by atoms with E-state index in [-0.39, 0.29) is 0 Å². The largest absolute Gasteiger partial charge is 0.497 e. The second-order valence-electron chi connectivity index (χ2n) is 3.83. The third kappa shape index (κ3) is 3.20. The van der Waals surface area contributed by atoms with Crippen molar-refractivity contribution in [3.8, 4) is 17.6 Å². The van der Waals surface area contributed by atoms with E-state index in [4.69, 9.17) is 4.74 Å². The van der Waals surface area contributed by atoms with Crippen LogP contribution in [0.5, 0.6) is 5.75 Å². The van der Waals surface area contributed by atoms with Crippen molar-refractivity contribution in [3.63, 3.8) is 0 Å². The molecule has 2 rings (SSSR count). The van der Waals surface area contributed by atoms with Crippen LogP contribution in [0.25, 0.3) is 0 Å². The van der Waals surface area contributed by atoms with Crippen molar-refractivity contribution in [1.82, 2.24) is 0 Å². The smallest absolute Gasteiger partial charge is 0.151 e. The predicted octanol–water partition coefficient (Wildman–Crippen LogP) is 3.05. The van der Waals surface area contributed by atoms with E-state index in [0.717, 1.165) is 11.3 Å². The first-order chi connectivity index (χ1) is 9.22. The summed E-state index contributed by atoms with van der Waals surface area (Å²) < 4.78 is 18.1. The number of carbonyl (C=O) groups is 1. The van der Waals surface area contributed by atoms with Crippen LogP contribution in [0, 0.1) is 17.7 Å². The van der Waals surface area contributed by atoms with Crippen molar-refractivity contribution < 1.29 is 13.9 Å². The van der Waals surface area contributed by atoms with E-state index >= 15 is 0 Å². The maximum atomic E-state index is 13.1. The molecular weight excluding hydrogens is 243 g/mol. The molecule has 94 valence electrons. The fraction of sp³-hybridized carbons (Fsp3) is 0.0625. The van der Waals surface area contributed by atoms with Gasteiger partial charge in [0.25, 0.3) is 0 Å². The number of halogens is 1. The molecule has 0 atom stereocenters. The third-order valence-corrected chi connectivity index (χ3v) is 2.57. The topological polar surface area (TPSA) is 26.3 Å². The van der Waals surface area contributed by atoms with Gasteiger partial charge in [0.1, 0.15) is 11.6 Å². The van der Waals surface area contributed by atoms with E-state index < -0.39 is 5.82 Å². The fourth-order valence-corrected chi connectivity index (χ4v) is 1.55. The highest BCUT2D eigenvalue weighted by atomic mass is 19.1. The van der Waals surface area contributed by atoms with Gasteiger partial charge in [-0.05, 0) is 42.5 Å². The van der Waals surface area contributed by atoms with Gasteiger partial charge in [-0.1, -0.05) is 11.8 Å². The van der Waals surface area contributed by atoms with E-state index in [1.807, 2.05) is 0 Å². The summed E-state index contributed by atoms with van der Waals surface area (Å²) in [6.07, 6.45) is 0.664. The maximum absolute atomic E-state index is 13.1. The van der Waals surface area contributed by atoms with E-state index in [0.29, 0.717) is 17.4 Å². The number of rotatable bonds is 2. The zero-order valence-corrected chi connectivity index (χ0v) is 10.3. The third-order valence-electron chi connectivity index (χ3n) is 2.57. The van der Waals surface area contributed by atoms with Crippen molar-refractivity contribution in [2.24, 2.45) is 0 Å². The highest BCUT2D eigenvalue weighted by Gasteiger charge is 2.00. The molecule has 0 aliphatic carbocycles. The Bertz CT molecular complexity index is 649. The fourth-order valence-electron chi connectivity index (χ4n) is 1.55. The zero-order valence-electron chi connectivity index (χ0n) is 10.3. The number of carbonyl (C=O) groups excluding carboxylic acids is 1. The van der Waals surface area contributed by atoms with Gasteiger partial charge in [0.05, 0.1) is 7.11 Å². The molecular formula is C16H11FO2. The van der Waals surface area contributed by atoms with Gasteiger partial charge in [-0.25, -0.2) is 4.39 Å². The Morgan fingerprint density at radius 1 is 1.11 bits per heavy atom. The van der Waals surface area contributed by atoms with Crippen LogP contribution in [-0.4, -0.2) is 13.4 Å². The Hall–Kier alpha value is -2.60. The first kappa shape index (κ1) is 12.8. The molecule has 2 nitrogen and oxygen atoms in total. The molecule has 0 aliphatic rings. The summed E-state index contributed by atoms with van der Waals surface area (Å²) in [6, 6.07) is 11.1. The first-order valence-corrected chi connectivity index (χ1v) is 5.64. The van der Waals surface area contributed by atoms with Crippen LogP contribution in [-0.2, 0) is 0 Å². The predicted molar refractivity (Wildman–Crippen MR) is 70.8 cm³/mol. The van der Waals surface area contributed by atoms with Crippen LogP contribution in [0.4, 0.5) is 4.39 Å². The van der Waals surface area contributed by atoms with E-state index in [1.165, 1.54) is 18.2 Å². The maximum Gasteiger partial charge on any atom is 0.151 e. The molecule has 0 aromatic heterocycles. The minimum atomic E-state index is -0.412. The van der Waals surface area contributed by atoms with Crippen molar-refractivity contribution >= 4 is 6.29 Å². The summed E-state index contributed by atoms with van der Waals surface area (Å²) in [5.74, 6) is 6.01. The van der Waals surface area contributed by atoms with E-state index in [2.05, 4.69) is 11.8 Å². The van der Waals surface area contributed by atoms with Crippen LogP contribution in [0.1, 0.15) is 21.5 Å². The lowest BCUT2D eigenvalue weighted by Crippen LogP contribution is -1.89. The van der Waals surface area contributed by atoms with Crippen molar-refractivity contribution in [2.45, 2.75) is 0 Å². The van der Waals surface area contributed by atoms with Gasteiger partial charge in [0.15, 0.2) is 6.29 Å². The number of ether oxygens (including phenoxy) is 1. The van der Waals surface area contributed by atoms with Crippen molar-refractivity contribution in [2.75, 3.05) is 7.11 Å². The molecule has 3 heteroatoms. The molecule has 0 fully saturated rings. The lowest BCUT2D eigenvalue weighted by atomic mass is 10.1. The van der Waals surface area contributed by atoms with Crippen LogP contribution >= 0.6 is 0 Å². The number of hydrogen-bond acceptors (Lipinski definition) is 2. The highest BCUT2D eigenvalue weighted by molar-refractivity contribution is 5.79. The zero-order chi connectivity index (χ0) is 13.7. The molecule has 0 unspecified atom stereocenters. The summed E-state index contributed by atoms with van der Waals surface area (Å²) in [6.45, 7) is 0. The minimum Gasteiger partial charge on any atom is -0.497 e. The summed E-state index contributed by atoms with van der Waals surface area (Å²) in [7, 11) is 1.59. The molecule has 0 saturated heterocycles. The SMILES string of the molecule is COc1ccc(C#Cc2cc(F)ccc2C=O)cc1. The van der Waals surface area contributed by atoms with Crippen molar-refractivity contribution in [1.29, 1.82) is 0 Å². The number of aldehydes is 1. The van der Waals surface area contributed by atoms with Crippen LogP contribution < -0.4 is 4.74 Å². The van der Waals surface area contributed by atoms with Gasteiger partial charge >= 0.3 is 0 Å². The Kier molecular flexibility index (Phi) is 3.94. The van der Waals surface area contributed by atoms with E-state index in [9.17, 15) is 9.18 Å². The molecule has 0 N–H and O–H groups in total. The Morgan fingerprint density at radius 3 is 2.47 bits per heavy atom. The summed E-state index contributed by atoms with van der Waals surface area (Å²) in [5.41, 5.74) is 1.52. The van der Waals surface area contributed by atoms with Gasteiger partial charge in [0.2, 0.25) is 0 Å². The summed E-state index contributed by atoms with van der Waals surface area (Å²) >= 11 is 0. The first-order valence-electron chi connectivity index (χ1n) is 5.64. The lowest BCUT2D eigenvalue weighted by Gasteiger charge is -1.98. The van der Waals surface area contributed by atoms with Crippen LogP contribution in [0.2, 0.25) is 0 Å². The quantitative estimate of drug-likeness (QED) is 0.608. The number of methoxy groups -OCH3 is 1. The molecule has 2 aromatic rings. The normalized spacial score (nSPS) is 9.37. The molecule has 19 heavy (non-hydrogen) atoms. The standard InChI is InChI=1S/C16H11FO2/c1-19-16-8-3-12(4-9-16)2-5-13-10-15(17)7-6-14(13)11-18/h3-4,6-11H,1H3. The highest BCUT2D eigenvalue weighted by Crippen LogP contribution is 2.11. The molecule has 2 aromatic carbocycles. The van der Waals surface area contributed by atoms with Gasteiger partial charge in [-0.3, -0.25) is 4.79 Å². The van der Waals surface area contributed by atoms with Gasteiger partial charge in [0, 0.05) is 16.7 Å². The second-order valence-corrected chi connectivity index (χ2v) is 3.83. The van der Waals surface area contributed by atoms with Crippen LogP contribution in [0.3, 0.4) is 0 Å². The van der Waals surface area contributed by atoms with Crippen molar-refractivity contribution in [3.05, 3.63) is 65.0 Å². The average Bonchev–Trinajstić information content (AvgIpc) is 2.46. The molecule has 0 aliphatic heterocycles. The Morgan fingerprint density at radius 2 is 1.84 bits per heavy atom. The summed E-state index contributed by atoms with van der Waals surface area (Å²) in [5, 5.41) is 0.